The van der Waals surface area contributed by atoms with Gasteiger partial charge in [0.2, 0.25) is 10.0 Å². The molecule has 1 saturated heterocycles. The lowest BCUT2D eigenvalue weighted by atomic mass is 9.98. The van der Waals surface area contributed by atoms with Gasteiger partial charge < -0.3 is 9.47 Å². The standard InChI is InChI=1S/C21H26N2O8S2/c24-20(22-25)21(11-14-30-15-12-21)33(28,29)19-9-7-18(8-10-19)31-13-4-16-32(26,27)23-17-5-2-1-3-6-17/h1-3,5-10,23,25H,4,11-16H2,(H,22,24). The molecular formula is C21H26N2O8S2. The van der Waals surface area contributed by atoms with Crippen LogP contribution in [0.1, 0.15) is 19.3 Å². The summed E-state index contributed by atoms with van der Waals surface area (Å²) in [5.41, 5.74) is 1.95. The first-order chi connectivity index (χ1) is 15.7. The van der Waals surface area contributed by atoms with Crippen LogP contribution in [0.3, 0.4) is 0 Å². The molecule has 3 N–H and O–H groups in total. The van der Waals surface area contributed by atoms with Crippen molar-refractivity contribution in [3.8, 4) is 5.75 Å². The molecule has 1 aliphatic rings. The number of sulfonamides is 1. The third-order valence-corrected chi connectivity index (χ3v) is 9.23. The molecule has 1 fully saturated rings. The van der Waals surface area contributed by atoms with Crippen molar-refractivity contribution in [3.63, 3.8) is 0 Å². The molecule has 10 nitrogen and oxygen atoms in total. The van der Waals surface area contributed by atoms with E-state index in [0.717, 1.165) is 0 Å². The molecule has 2 aromatic rings. The van der Waals surface area contributed by atoms with E-state index < -0.39 is 30.5 Å². The van der Waals surface area contributed by atoms with Gasteiger partial charge in [-0.15, -0.1) is 0 Å². The zero-order valence-corrected chi connectivity index (χ0v) is 19.4. The molecule has 0 radical (unpaired) electrons. The number of carbonyl (C=O) groups is 1. The maximum atomic E-state index is 13.2. The normalized spacial score (nSPS) is 16.0. The van der Waals surface area contributed by atoms with Gasteiger partial charge in [0.25, 0.3) is 5.91 Å². The van der Waals surface area contributed by atoms with Gasteiger partial charge in [-0.25, -0.2) is 22.3 Å². The van der Waals surface area contributed by atoms with Crippen LogP contribution < -0.4 is 14.9 Å². The first-order valence-corrected chi connectivity index (χ1v) is 13.4. The van der Waals surface area contributed by atoms with Crippen molar-refractivity contribution in [2.24, 2.45) is 0 Å². The topological polar surface area (TPSA) is 148 Å². The number of para-hydroxylation sites is 1. The Balaban J connectivity index is 1.59. The molecule has 33 heavy (non-hydrogen) atoms. The number of benzene rings is 2. The fourth-order valence-corrected chi connectivity index (χ4v) is 6.57. The van der Waals surface area contributed by atoms with E-state index in [1.54, 1.807) is 30.3 Å². The molecule has 0 saturated carbocycles. The number of carbonyl (C=O) groups excluding carboxylic acids is 1. The van der Waals surface area contributed by atoms with Crippen LogP contribution in [0.15, 0.2) is 59.5 Å². The molecule has 0 atom stereocenters. The Hall–Kier alpha value is -2.67. The highest BCUT2D eigenvalue weighted by atomic mass is 32.2. The summed E-state index contributed by atoms with van der Waals surface area (Å²) in [6.07, 6.45) is 0.0684. The van der Waals surface area contributed by atoms with E-state index in [-0.39, 0.29) is 49.7 Å². The average molecular weight is 499 g/mol. The largest absolute Gasteiger partial charge is 0.494 e. The number of rotatable bonds is 10. The molecular weight excluding hydrogens is 472 g/mol. The maximum absolute atomic E-state index is 13.2. The fraction of sp³-hybridized carbons (Fsp3) is 0.381. The minimum Gasteiger partial charge on any atom is -0.494 e. The molecule has 2 aromatic carbocycles. The third-order valence-electron chi connectivity index (χ3n) is 5.34. The molecule has 0 aromatic heterocycles. The number of ether oxygens (including phenoxy) is 2. The second-order valence-electron chi connectivity index (χ2n) is 7.51. The molecule has 1 amide bonds. The number of amides is 1. The monoisotopic (exact) mass is 498 g/mol. The lowest BCUT2D eigenvalue weighted by Gasteiger charge is -2.34. The van der Waals surface area contributed by atoms with Crippen molar-refractivity contribution >= 4 is 31.5 Å². The Morgan fingerprint density at radius 2 is 1.64 bits per heavy atom. The second-order valence-corrected chi connectivity index (χ2v) is 11.6. The van der Waals surface area contributed by atoms with Gasteiger partial charge >= 0.3 is 0 Å². The van der Waals surface area contributed by atoms with Crippen LogP contribution in [0.4, 0.5) is 5.69 Å². The van der Waals surface area contributed by atoms with E-state index >= 15 is 0 Å². The van der Waals surface area contributed by atoms with Gasteiger partial charge in [0.1, 0.15) is 5.75 Å². The van der Waals surface area contributed by atoms with Crippen molar-refractivity contribution in [3.05, 3.63) is 54.6 Å². The van der Waals surface area contributed by atoms with Crippen LogP contribution in [0, 0.1) is 0 Å². The summed E-state index contributed by atoms with van der Waals surface area (Å²) in [5.74, 6) is -0.777. The highest BCUT2D eigenvalue weighted by Crippen LogP contribution is 2.35. The number of nitrogens with one attached hydrogen (secondary N) is 2. The van der Waals surface area contributed by atoms with E-state index in [1.807, 2.05) is 0 Å². The van der Waals surface area contributed by atoms with E-state index in [4.69, 9.17) is 14.7 Å². The van der Waals surface area contributed by atoms with Crippen LogP contribution in [-0.2, 0) is 29.4 Å². The van der Waals surface area contributed by atoms with Crippen LogP contribution >= 0.6 is 0 Å². The summed E-state index contributed by atoms with van der Waals surface area (Å²) in [6, 6.07) is 14.1. The summed E-state index contributed by atoms with van der Waals surface area (Å²) in [4.78, 5) is 12.2. The van der Waals surface area contributed by atoms with Crippen molar-refractivity contribution < 1.29 is 36.3 Å². The molecule has 1 aliphatic heterocycles. The van der Waals surface area contributed by atoms with Crippen LogP contribution in [-0.4, -0.2) is 58.3 Å². The maximum Gasteiger partial charge on any atom is 0.265 e. The number of anilines is 1. The quantitative estimate of drug-likeness (QED) is 0.255. The zero-order chi connectivity index (χ0) is 24.0. The first kappa shape index (κ1) is 25.0. The SMILES string of the molecule is O=C(NO)C1(S(=O)(=O)c2ccc(OCCCS(=O)(=O)Nc3ccccc3)cc2)CCOCC1. The number of hydrogen-bond donors (Lipinski definition) is 3. The minimum atomic E-state index is -4.12. The van der Waals surface area contributed by atoms with Gasteiger partial charge in [0.05, 0.1) is 17.3 Å². The molecule has 12 heteroatoms. The summed E-state index contributed by atoms with van der Waals surface area (Å²) in [6.45, 7) is 0.266. The highest BCUT2D eigenvalue weighted by Gasteiger charge is 2.52. The molecule has 0 aliphatic carbocycles. The molecule has 0 spiro atoms. The van der Waals surface area contributed by atoms with E-state index in [0.29, 0.717) is 11.4 Å². The summed E-state index contributed by atoms with van der Waals surface area (Å²) in [7, 11) is -7.64. The Bertz CT molecular complexity index is 1140. The number of hydroxylamine groups is 1. The average Bonchev–Trinajstić information content (AvgIpc) is 2.82. The molecule has 1 heterocycles. The van der Waals surface area contributed by atoms with Crippen molar-refractivity contribution in [1.82, 2.24) is 5.48 Å². The lowest BCUT2D eigenvalue weighted by Crippen LogP contribution is -2.54. The fourth-order valence-electron chi connectivity index (χ4n) is 3.54. The first-order valence-electron chi connectivity index (χ1n) is 10.3. The van der Waals surface area contributed by atoms with Crippen LogP contribution in [0.25, 0.3) is 0 Å². The van der Waals surface area contributed by atoms with E-state index in [1.165, 1.54) is 29.7 Å². The summed E-state index contributed by atoms with van der Waals surface area (Å²) < 4.78 is 62.1. The van der Waals surface area contributed by atoms with Crippen molar-refractivity contribution in [1.29, 1.82) is 0 Å². The van der Waals surface area contributed by atoms with Crippen LogP contribution in [0.5, 0.6) is 5.75 Å². The van der Waals surface area contributed by atoms with Gasteiger partial charge in [0, 0.05) is 18.9 Å². The smallest absolute Gasteiger partial charge is 0.265 e. The predicted octanol–water partition coefficient (Wildman–Crippen LogP) is 1.73. The third kappa shape index (κ3) is 5.82. The van der Waals surface area contributed by atoms with Crippen LogP contribution in [0.2, 0.25) is 0 Å². The van der Waals surface area contributed by atoms with E-state index in [2.05, 4.69) is 4.72 Å². The van der Waals surface area contributed by atoms with E-state index in [9.17, 15) is 21.6 Å². The Kier molecular flexibility index (Phi) is 7.95. The molecule has 3 rings (SSSR count). The van der Waals surface area contributed by atoms with Gasteiger partial charge in [-0.2, -0.15) is 0 Å². The van der Waals surface area contributed by atoms with Crippen molar-refractivity contribution in [2.75, 3.05) is 30.3 Å². The summed E-state index contributed by atoms with van der Waals surface area (Å²) in [5, 5.41) is 9.09. The number of sulfone groups is 1. The van der Waals surface area contributed by atoms with Gasteiger partial charge in [-0.3, -0.25) is 14.7 Å². The highest BCUT2D eigenvalue weighted by molar-refractivity contribution is 7.93. The Morgan fingerprint density at radius 1 is 1.00 bits per heavy atom. The van der Waals surface area contributed by atoms with Gasteiger partial charge in [-0.05, 0) is 55.7 Å². The predicted molar refractivity (Wildman–Crippen MR) is 120 cm³/mol. The molecule has 180 valence electrons. The Labute approximate surface area is 192 Å². The summed E-state index contributed by atoms with van der Waals surface area (Å²) >= 11 is 0. The molecule has 0 bridgehead atoms. The number of hydrogen-bond acceptors (Lipinski definition) is 8. The Morgan fingerprint density at radius 3 is 2.24 bits per heavy atom. The van der Waals surface area contributed by atoms with Gasteiger partial charge in [0.15, 0.2) is 14.6 Å². The van der Waals surface area contributed by atoms with Gasteiger partial charge in [-0.1, -0.05) is 18.2 Å². The minimum absolute atomic E-state index is 0.0779. The zero-order valence-electron chi connectivity index (χ0n) is 17.8. The second kappa shape index (κ2) is 10.5. The van der Waals surface area contributed by atoms with Crippen molar-refractivity contribution in [2.45, 2.75) is 28.9 Å². The lowest BCUT2D eigenvalue weighted by molar-refractivity contribution is -0.134. The molecule has 0 unspecified atom stereocenters.